The summed E-state index contributed by atoms with van der Waals surface area (Å²) >= 11 is 0. The van der Waals surface area contributed by atoms with Crippen LogP contribution >= 0.6 is 0 Å². The number of likely N-dealkylation sites (tertiary alicyclic amines) is 1. The Hall–Kier alpha value is -3.22. The summed E-state index contributed by atoms with van der Waals surface area (Å²) in [6, 6.07) is 22.9. The monoisotopic (exact) mass is 513 g/mol. The van der Waals surface area contributed by atoms with E-state index in [-0.39, 0.29) is 18.4 Å². The molecule has 0 bridgehead atoms. The molecule has 3 heterocycles. The van der Waals surface area contributed by atoms with Crippen LogP contribution in [-0.4, -0.2) is 59.8 Å². The molecule has 0 spiro atoms. The van der Waals surface area contributed by atoms with E-state index in [2.05, 4.69) is 58.7 Å². The number of nitrogens with one attached hydrogen (secondary N) is 1. The molecule has 1 saturated heterocycles. The normalized spacial score (nSPS) is 18.4. The fraction of sp³-hybridized carbons (Fsp3) is 0.438. The van der Waals surface area contributed by atoms with Crippen molar-refractivity contribution in [3.63, 3.8) is 0 Å². The molecule has 2 N–H and O–H groups in total. The summed E-state index contributed by atoms with van der Waals surface area (Å²) in [4.78, 5) is 18.9. The number of aliphatic carboxylic acids is 1. The van der Waals surface area contributed by atoms with Crippen molar-refractivity contribution in [2.24, 2.45) is 0 Å². The molecule has 2 aromatic carbocycles. The Morgan fingerprint density at radius 2 is 1.87 bits per heavy atom. The van der Waals surface area contributed by atoms with Gasteiger partial charge in [-0.1, -0.05) is 60.7 Å². The number of hydrogen-bond acceptors (Lipinski definition) is 5. The summed E-state index contributed by atoms with van der Waals surface area (Å²) < 4.78 is 6.35. The average Bonchev–Trinajstić information content (AvgIpc) is 2.96. The number of aryl methyl sites for hydroxylation is 2. The first-order valence-electron chi connectivity index (χ1n) is 14.1. The summed E-state index contributed by atoms with van der Waals surface area (Å²) in [5.74, 6) is 0.129. The van der Waals surface area contributed by atoms with Crippen molar-refractivity contribution in [3.05, 3.63) is 83.6 Å². The van der Waals surface area contributed by atoms with Crippen LogP contribution in [-0.2, 0) is 22.4 Å². The largest absolute Gasteiger partial charge is 0.481 e. The Kier molecular flexibility index (Phi) is 9.05. The van der Waals surface area contributed by atoms with Crippen molar-refractivity contribution in [1.82, 2.24) is 9.88 Å². The Labute approximate surface area is 226 Å². The molecule has 0 unspecified atom stereocenters. The van der Waals surface area contributed by atoms with Crippen LogP contribution in [0.5, 0.6) is 0 Å². The Bertz CT molecular complexity index is 1180. The SMILES string of the molecule is O=C(O)C[C@@H](CO[C@@H]1CCCN(CCCc2ccc3c(n2)NCCC3)C1)c1ccc(-c2ccccc2)cc1. The van der Waals surface area contributed by atoms with E-state index in [1.165, 1.54) is 12.0 Å². The van der Waals surface area contributed by atoms with E-state index in [0.717, 1.165) is 86.5 Å². The quantitative estimate of drug-likeness (QED) is 0.339. The highest BCUT2D eigenvalue weighted by molar-refractivity contribution is 5.68. The highest BCUT2D eigenvalue weighted by atomic mass is 16.5. The van der Waals surface area contributed by atoms with Crippen molar-refractivity contribution in [3.8, 4) is 11.1 Å². The summed E-state index contributed by atoms with van der Waals surface area (Å²) in [6.07, 6.45) is 6.73. The van der Waals surface area contributed by atoms with Gasteiger partial charge in [-0.25, -0.2) is 4.98 Å². The molecule has 3 aromatic rings. The third-order valence-electron chi connectivity index (χ3n) is 7.76. The van der Waals surface area contributed by atoms with E-state index in [9.17, 15) is 9.90 Å². The lowest BCUT2D eigenvalue weighted by Crippen LogP contribution is -2.40. The van der Waals surface area contributed by atoms with Gasteiger partial charge in [-0.2, -0.15) is 0 Å². The molecular formula is C32H39N3O3. The third kappa shape index (κ3) is 7.21. The van der Waals surface area contributed by atoms with Crippen molar-refractivity contribution < 1.29 is 14.6 Å². The number of pyridine rings is 1. The number of fused-ring (bicyclic) bond motifs is 1. The predicted octanol–water partition coefficient (Wildman–Crippen LogP) is 5.78. The Balaban J connectivity index is 1.11. The maximum absolute atomic E-state index is 11.6. The molecular weight excluding hydrogens is 474 g/mol. The van der Waals surface area contributed by atoms with Gasteiger partial charge >= 0.3 is 5.97 Å². The standard InChI is InChI=1S/C32H39N3O3/c36-31(37)21-28(26-14-12-25(13-15-26)24-7-2-1-3-8-24)23-38-30-11-6-20-35(22-30)19-5-10-29-17-16-27-9-4-18-33-32(27)34-29/h1-3,7-8,12-17,28,30H,4-6,9-11,18-23H2,(H,33,34)(H,36,37)/t28-,30+/m0/s1. The van der Waals surface area contributed by atoms with Crippen molar-refractivity contribution in [2.45, 2.75) is 57.0 Å². The molecule has 0 amide bonds. The topological polar surface area (TPSA) is 74.7 Å². The lowest BCUT2D eigenvalue weighted by atomic mass is 9.94. The average molecular weight is 514 g/mol. The first-order chi connectivity index (χ1) is 18.6. The molecule has 2 atom stereocenters. The predicted molar refractivity (Wildman–Crippen MR) is 152 cm³/mol. The van der Waals surface area contributed by atoms with Gasteiger partial charge in [-0.15, -0.1) is 0 Å². The molecule has 200 valence electrons. The maximum atomic E-state index is 11.6. The van der Waals surface area contributed by atoms with Gasteiger partial charge in [0.2, 0.25) is 0 Å². The summed E-state index contributed by atoms with van der Waals surface area (Å²) in [6.45, 7) is 4.49. The van der Waals surface area contributed by atoms with Crippen molar-refractivity contribution in [2.75, 3.05) is 38.1 Å². The maximum Gasteiger partial charge on any atom is 0.304 e. The first kappa shape index (κ1) is 26.4. The fourth-order valence-corrected chi connectivity index (χ4v) is 5.66. The van der Waals surface area contributed by atoms with E-state index in [0.29, 0.717) is 6.61 Å². The van der Waals surface area contributed by atoms with Crippen LogP contribution < -0.4 is 5.32 Å². The zero-order chi connectivity index (χ0) is 26.2. The minimum Gasteiger partial charge on any atom is -0.481 e. The second kappa shape index (κ2) is 13.0. The number of carboxylic acid groups (broad SMARTS) is 1. The van der Waals surface area contributed by atoms with E-state index in [1.807, 2.05) is 18.2 Å². The van der Waals surface area contributed by atoms with Gasteiger partial charge in [-0.05, 0) is 79.9 Å². The van der Waals surface area contributed by atoms with Gasteiger partial charge in [0.1, 0.15) is 5.82 Å². The smallest absolute Gasteiger partial charge is 0.304 e. The number of aromatic nitrogens is 1. The highest BCUT2D eigenvalue weighted by Gasteiger charge is 2.23. The number of rotatable bonds is 11. The molecule has 1 fully saturated rings. The number of nitrogens with zero attached hydrogens (tertiary/aromatic N) is 2. The van der Waals surface area contributed by atoms with Gasteiger partial charge in [0.05, 0.1) is 19.1 Å². The zero-order valence-electron chi connectivity index (χ0n) is 22.1. The van der Waals surface area contributed by atoms with Crippen LogP contribution in [0.1, 0.15) is 54.8 Å². The molecule has 0 aliphatic carbocycles. The summed E-state index contributed by atoms with van der Waals surface area (Å²) in [5.41, 5.74) is 5.81. The number of piperidine rings is 1. The van der Waals surface area contributed by atoms with Crippen LogP contribution in [0, 0.1) is 0 Å². The second-order valence-corrected chi connectivity index (χ2v) is 10.6. The van der Waals surface area contributed by atoms with Gasteiger partial charge < -0.3 is 20.1 Å². The Morgan fingerprint density at radius 1 is 1.05 bits per heavy atom. The first-order valence-corrected chi connectivity index (χ1v) is 14.1. The lowest BCUT2D eigenvalue weighted by molar-refractivity contribution is -0.138. The van der Waals surface area contributed by atoms with E-state index < -0.39 is 5.97 Å². The van der Waals surface area contributed by atoms with Gasteiger partial charge in [0.25, 0.3) is 0 Å². The van der Waals surface area contributed by atoms with Crippen LogP contribution in [0.4, 0.5) is 5.82 Å². The van der Waals surface area contributed by atoms with E-state index in [4.69, 9.17) is 9.72 Å². The fourth-order valence-electron chi connectivity index (χ4n) is 5.66. The van der Waals surface area contributed by atoms with E-state index in [1.54, 1.807) is 0 Å². The molecule has 0 radical (unpaired) electrons. The molecule has 0 saturated carbocycles. The zero-order valence-corrected chi connectivity index (χ0v) is 22.1. The Morgan fingerprint density at radius 3 is 2.68 bits per heavy atom. The van der Waals surface area contributed by atoms with Crippen LogP contribution in [0.25, 0.3) is 11.1 Å². The molecule has 6 heteroatoms. The second-order valence-electron chi connectivity index (χ2n) is 10.6. The van der Waals surface area contributed by atoms with Gasteiger partial charge in [0.15, 0.2) is 0 Å². The number of anilines is 1. The third-order valence-corrected chi connectivity index (χ3v) is 7.76. The molecule has 2 aliphatic heterocycles. The highest BCUT2D eigenvalue weighted by Crippen LogP contribution is 2.26. The number of hydrogen-bond donors (Lipinski definition) is 2. The molecule has 6 nitrogen and oxygen atoms in total. The van der Waals surface area contributed by atoms with Crippen LogP contribution in [0.15, 0.2) is 66.7 Å². The summed E-state index contributed by atoms with van der Waals surface area (Å²) in [7, 11) is 0. The minimum atomic E-state index is -0.790. The number of carboxylic acids is 1. The van der Waals surface area contributed by atoms with Gasteiger partial charge in [0, 0.05) is 24.7 Å². The van der Waals surface area contributed by atoms with Crippen molar-refractivity contribution in [1.29, 1.82) is 0 Å². The van der Waals surface area contributed by atoms with Crippen LogP contribution in [0.2, 0.25) is 0 Å². The summed E-state index contributed by atoms with van der Waals surface area (Å²) in [5, 5.41) is 13.0. The lowest BCUT2D eigenvalue weighted by Gasteiger charge is -2.33. The molecule has 1 aromatic heterocycles. The van der Waals surface area contributed by atoms with E-state index >= 15 is 0 Å². The molecule has 2 aliphatic rings. The van der Waals surface area contributed by atoms with Crippen molar-refractivity contribution >= 4 is 11.8 Å². The molecule has 5 rings (SSSR count). The number of carbonyl (C=O) groups is 1. The van der Waals surface area contributed by atoms with Gasteiger partial charge in [-0.3, -0.25) is 4.79 Å². The molecule has 38 heavy (non-hydrogen) atoms. The minimum absolute atomic E-state index is 0.0732. The van der Waals surface area contributed by atoms with Crippen LogP contribution in [0.3, 0.4) is 0 Å². The number of ether oxygens (including phenoxy) is 1. The number of benzene rings is 2.